The maximum Gasteiger partial charge on any atom is 0.326 e. The summed E-state index contributed by atoms with van der Waals surface area (Å²) in [5.41, 5.74) is 1.01. The number of fused-ring (bicyclic) bond motifs is 1. The molecule has 2 heterocycles. The average molecular weight is 370 g/mol. The highest BCUT2D eigenvalue weighted by atomic mass is 16.5. The van der Waals surface area contributed by atoms with Gasteiger partial charge in [0.15, 0.2) is 6.61 Å². The largest absolute Gasteiger partial charge is 0.467 e. The van der Waals surface area contributed by atoms with Gasteiger partial charge in [0.2, 0.25) is 5.91 Å². The van der Waals surface area contributed by atoms with Gasteiger partial charge in [-0.15, -0.1) is 0 Å². The van der Waals surface area contributed by atoms with Gasteiger partial charge in [-0.05, 0) is 30.7 Å². The Morgan fingerprint density at radius 2 is 2.00 bits per heavy atom. The molecule has 0 radical (unpaired) electrons. The lowest BCUT2D eigenvalue weighted by atomic mass is 9.98. The van der Waals surface area contributed by atoms with Crippen LogP contribution in [0.5, 0.6) is 0 Å². The lowest BCUT2D eigenvalue weighted by Crippen LogP contribution is -2.45. The Bertz CT molecular complexity index is 874. The molecule has 0 aliphatic carbocycles. The number of ether oxygens (including phenoxy) is 1. The lowest BCUT2D eigenvalue weighted by molar-refractivity contribution is -0.151. The quantitative estimate of drug-likeness (QED) is 0.605. The molecule has 1 aliphatic rings. The van der Waals surface area contributed by atoms with Crippen LogP contribution in [0.25, 0.3) is 0 Å². The summed E-state index contributed by atoms with van der Waals surface area (Å²) in [5, 5.41) is 2.61. The van der Waals surface area contributed by atoms with Crippen LogP contribution in [-0.4, -0.2) is 41.7 Å². The van der Waals surface area contributed by atoms with Gasteiger partial charge in [-0.3, -0.25) is 24.1 Å². The fourth-order valence-corrected chi connectivity index (χ4v) is 2.77. The first-order valence-electron chi connectivity index (χ1n) is 8.36. The van der Waals surface area contributed by atoms with Crippen molar-refractivity contribution in [2.45, 2.75) is 19.4 Å². The number of esters is 1. The molecule has 8 nitrogen and oxygen atoms in total. The molecule has 0 saturated carbocycles. The van der Waals surface area contributed by atoms with E-state index in [2.05, 4.69) is 5.32 Å². The van der Waals surface area contributed by atoms with Crippen molar-refractivity contribution in [3.8, 4) is 0 Å². The van der Waals surface area contributed by atoms with Crippen LogP contribution in [0, 0.1) is 0 Å². The number of carbonyl (C=O) groups excluding carboxylic acids is 4. The van der Waals surface area contributed by atoms with Gasteiger partial charge >= 0.3 is 5.97 Å². The molecule has 3 amide bonds. The topological polar surface area (TPSA) is 106 Å². The minimum atomic E-state index is -0.836. The number of nitrogens with one attached hydrogen (secondary N) is 1. The molecule has 1 aliphatic heterocycles. The smallest absolute Gasteiger partial charge is 0.326 e. The van der Waals surface area contributed by atoms with Crippen molar-refractivity contribution in [2.75, 3.05) is 13.2 Å². The van der Waals surface area contributed by atoms with Crippen molar-refractivity contribution in [3.63, 3.8) is 0 Å². The van der Waals surface area contributed by atoms with Crippen LogP contribution < -0.4 is 5.32 Å². The first-order chi connectivity index (χ1) is 13.0. The predicted octanol–water partition coefficient (Wildman–Crippen LogP) is 1.23. The minimum absolute atomic E-state index is 0.0380. The molecule has 1 N–H and O–H groups in total. The zero-order valence-corrected chi connectivity index (χ0v) is 14.6. The number of hydrogen-bond donors (Lipinski definition) is 1. The van der Waals surface area contributed by atoms with Crippen LogP contribution in [0.1, 0.15) is 34.6 Å². The highest BCUT2D eigenvalue weighted by molar-refractivity contribution is 6.11. The highest BCUT2D eigenvalue weighted by Gasteiger charge is 2.32. The summed E-state index contributed by atoms with van der Waals surface area (Å²) >= 11 is 0. The van der Waals surface area contributed by atoms with Crippen molar-refractivity contribution in [1.29, 1.82) is 0 Å². The van der Waals surface area contributed by atoms with Crippen LogP contribution in [0.3, 0.4) is 0 Å². The van der Waals surface area contributed by atoms with Crippen LogP contribution in [0.15, 0.2) is 47.1 Å². The highest BCUT2D eigenvalue weighted by Crippen LogP contribution is 2.19. The van der Waals surface area contributed by atoms with Crippen molar-refractivity contribution in [2.24, 2.45) is 0 Å². The molecule has 27 heavy (non-hydrogen) atoms. The van der Waals surface area contributed by atoms with Gasteiger partial charge < -0.3 is 14.5 Å². The third-order valence-corrected chi connectivity index (χ3v) is 4.13. The molecule has 1 aromatic carbocycles. The summed E-state index contributed by atoms with van der Waals surface area (Å²) in [6.45, 7) is 0.671. The summed E-state index contributed by atoms with van der Waals surface area (Å²) < 4.78 is 10.1. The Hall–Kier alpha value is -3.42. The molecule has 0 saturated heterocycles. The Morgan fingerprint density at radius 1 is 1.22 bits per heavy atom. The molecule has 2 aromatic rings. The molecular formula is C19H18N2O6. The predicted molar refractivity (Wildman–Crippen MR) is 92.4 cm³/mol. The van der Waals surface area contributed by atoms with E-state index in [0.717, 1.165) is 4.90 Å². The summed E-state index contributed by atoms with van der Waals surface area (Å²) in [7, 11) is 0. The molecule has 0 bridgehead atoms. The number of nitrogens with zero attached hydrogens (tertiary/aromatic N) is 1. The maximum atomic E-state index is 12.4. The van der Waals surface area contributed by atoms with Crippen molar-refractivity contribution < 1.29 is 28.3 Å². The number of amides is 3. The fraction of sp³-hybridized carbons (Fsp3) is 0.263. The van der Waals surface area contributed by atoms with E-state index in [1.54, 1.807) is 43.3 Å². The Labute approximate surface area is 155 Å². The van der Waals surface area contributed by atoms with E-state index in [0.29, 0.717) is 16.9 Å². The van der Waals surface area contributed by atoms with Crippen molar-refractivity contribution in [1.82, 2.24) is 10.2 Å². The molecule has 0 spiro atoms. The molecule has 0 fully saturated rings. The van der Waals surface area contributed by atoms with E-state index in [1.807, 2.05) is 0 Å². The minimum Gasteiger partial charge on any atom is -0.467 e. The molecule has 0 unspecified atom stereocenters. The average Bonchev–Trinajstić information content (AvgIpc) is 3.18. The van der Waals surface area contributed by atoms with Crippen LogP contribution >= 0.6 is 0 Å². The van der Waals surface area contributed by atoms with Crippen LogP contribution in [0.4, 0.5) is 0 Å². The molecule has 1 atom stereocenters. The Kier molecular flexibility index (Phi) is 5.35. The van der Waals surface area contributed by atoms with Crippen molar-refractivity contribution >= 4 is 23.7 Å². The van der Waals surface area contributed by atoms with E-state index < -0.39 is 36.8 Å². The second-order valence-corrected chi connectivity index (χ2v) is 6.08. The first-order valence-corrected chi connectivity index (χ1v) is 8.36. The Morgan fingerprint density at radius 3 is 2.74 bits per heavy atom. The summed E-state index contributed by atoms with van der Waals surface area (Å²) in [6, 6.07) is 9.76. The van der Waals surface area contributed by atoms with E-state index >= 15 is 0 Å². The van der Waals surface area contributed by atoms with Gasteiger partial charge in [0.1, 0.15) is 12.3 Å². The van der Waals surface area contributed by atoms with E-state index in [4.69, 9.17) is 9.15 Å². The molecule has 8 heteroatoms. The van der Waals surface area contributed by atoms with Crippen LogP contribution in [-0.2, 0) is 25.5 Å². The van der Waals surface area contributed by atoms with Gasteiger partial charge in [-0.1, -0.05) is 18.2 Å². The molecule has 140 valence electrons. The third kappa shape index (κ3) is 4.22. The number of imide groups is 1. The SMILES string of the molecule is C[C@H](NC(=O)COC(=O)CN1C(=O)Cc2ccccc2C1=O)c1ccco1. The normalized spacial score (nSPS) is 14.5. The maximum absolute atomic E-state index is 12.4. The summed E-state index contributed by atoms with van der Waals surface area (Å²) in [5.74, 6) is -1.81. The van der Waals surface area contributed by atoms with E-state index in [1.165, 1.54) is 6.26 Å². The van der Waals surface area contributed by atoms with Gasteiger partial charge in [0.25, 0.3) is 11.8 Å². The monoisotopic (exact) mass is 370 g/mol. The van der Waals surface area contributed by atoms with Gasteiger partial charge in [-0.2, -0.15) is 0 Å². The fourth-order valence-electron chi connectivity index (χ4n) is 2.77. The standard InChI is InChI=1S/C19H18N2O6/c1-12(15-7-4-8-26-15)20-16(22)11-27-18(24)10-21-17(23)9-13-5-2-3-6-14(13)19(21)25/h2-8,12H,9-11H2,1H3,(H,20,22)/t12-/m0/s1. The molecule has 1 aromatic heterocycles. The second kappa shape index (κ2) is 7.86. The lowest BCUT2D eigenvalue weighted by Gasteiger charge is -2.25. The molecular weight excluding hydrogens is 352 g/mol. The Balaban J connectivity index is 1.51. The van der Waals surface area contributed by atoms with Crippen LogP contribution in [0.2, 0.25) is 0 Å². The number of furan rings is 1. The van der Waals surface area contributed by atoms with E-state index in [-0.39, 0.29) is 12.5 Å². The van der Waals surface area contributed by atoms with E-state index in [9.17, 15) is 19.2 Å². The third-order valence-electron chi connectivity index (χ3n) is 4.13. The van der Waals surface area contributed by atoms with Gasteiger partial charge in [0.05, 0.1) is 18.7 Å². The summed E-state index contributed by atoms with van der Waals surface area (Å²) in [6.07, 6.45) is 1.53. The number of carbonyl (C=O) groups is 4. The van der Waals surface area contributed by atoms with Gasteiger partial charge in [0, 0.05) is 5.56 Å². The zero-order chi connectivity index (χ0) is 19.4. The van der Waals surface area contributed by atoms with Gasteiger partial charge in [-0.25, -0.2) is 0 Å². The number of rotatable bonds is 6. The van der Waals surface area contributed by atoms with Crippen molar-refractivity contribution in [3.05, 3.63) is 59.5 Å². The number of hydrogen-bond acceptors (Lipinski definition) is 6. The first kappa shape index (κ1) is 18.4. The number of benzene rings is 1. The molecule has 3 rings (SSSR count). The zero-order valence-electron chi connectivity index (χ0n) is 14.6. The summed E-state index contributed by atoms with van der Waals surface area (Å²) in [4.78, 5) is 49.2. The second-order valence-electron chi connectivity index (χ2n) is 6.08.